The highest BCUT2D eigenvalue weighted by atomic mass is 127. The smallest absolute Gasteiger partial charge is 0.228 e. The Kier molecular flexibility index (Phi) is 6.20. The van der Waals surface area contributed by atoms with E-state index in [1.165, 1.54) is 0 Å². The molecule has 33 heavy (non-hydrogen) atoms. The van der Waals surface area contributed by atoms with E-state index in [1.54, 1.807) is 13.1 Å². The van der Waals surface area contributed by atoms with Crippen LogP contribution < -0.4 is 4.90 Å². The molecule has 0 radical (unpaired) electrons. The average Bonchev–Trinajstić information content (AvgIpc) is 3.24. The van der Waals surface area contributed by atoms with E-state index in [2.05, 4.69) is 43.4 Å². The number of carbonyl (C=O) groups is 1. The predicted molar refractivity (Wildman–Crippen MR) is 139 cm³/mol. The van der Waals surface area contributed by atoms with Crippen LogP contribution in [0.3, 0.4) is 0 Å². The first-order chi connectivity index (χ1) is 16.0. The summed E-state index contributed by atoms with van der Waals surface area (Å²) >= 11 is 8.24. The molecule has 3 aromatic heterocycles. The van der Waals surface area contributed by atoms with Gasteiger partial charge < -0.3 is 4.90 Å². The van der Waals surface area contributed by atoms with Gasteiger partial charge >= 0.3 is 0 Å². The second-order valence-corrected chi connectivity index (χ2v) is 9.54. The SMILES string of the molecule is CC(=O)N(I)C1CCN(c2ccc(-c3nc4ccncc4n3-c3ccc(Cl)cc3)cn2)CC1. The number of carbonyl (C=O) groups excluding carboxylic acids is 1. The Morgan fingerprint density at radius 2 is 1.85 bits per heavy atom. The molecule has 1 aromatic carbocycles. The number of benzene rings is 1. The Morgan fingerprint density at radius 3 is 2.52 bits per heavy atom. The Bertz CT molecular complexity index is 1280. The summed E-state index contributed by atoms with van der Waals surface area (Å²) in [7, 11) is 0. The minimum absolute atomic E-state index is 0.107. The predicted octanol–water partition coefficient (Wildman–Crippen LogP) is 5.30. The quantitative estimate of drug-likeness (QED) is 0.245. The van der Waals surface area contributed by atoms with Crippen LogP contribution >= 0.6 is 34.5 Å². The van der Waals surface area contributed by atoms with Gasteiger partial charge in [-0.15, -0.1) is 0 Å². The minimum atomic E-state index is 0.107. The molecule has 0 saturated carbocycles. The topological polar surface area (TPSA) is 67.2 Å². The monoisotopic (exact) mass is 572 g/mol. The van der Waals surface area contributed by atoms with E-state index < -0.39 is 0 Å². The third-order valence-corrected chi connectivity index (χ3v) is 7.68. The third-order valence-electron chi connectivity index (χ3n) is 5.96. The van der Waals surface area contributed by atoms with Crippen molar-refractivity contribution in [2.24, 2.45) is 0 Å². The summed E-state index contributed by atoms with van der Waals surface area (Å²) in [5.74, 6) is 1.85. The lowest BCUT2D eigenvalue weighted by atomic mass is 10.0. The number of anilines is 1. The number of nitrogens with zero attached hydrogens (tertiary/aromatic N) is 6. The van der Waals surface area contributed by atoms with Crippen molar-refractivity contribution < 1.29 is 4.79 Å². The number of halogens is 2. The molecule has 1 aliphatic heterocycles. The Hall–Kier alpha value is -2.72. The molecule has 0 spiro atoms. The molecule has 4 aromatic rings. The lowest BCUT2D eigenvalue weighted by Crippen LogP contribution is -2.42. The minimum Gasteiger partial charge on any atom is -0.356 e. The molecule has 1 fully saturated rings. The van der Waals surface area contributed by atoms with Gasteiger partial charge in [0.05, 0.1) is 40.1 Å². The summed E-state index contributed by atoms with van der Waals surface area (Å²) in [6.45, 7) is 3.37. The Labute approximate surface area is 210 Å². The number of pyridine rings is 2. The zero-order valence-corrected chi connectivity index (χ0v) is 20.9. The van der Waals surface area contributed by atoms with E-state index in [9.17, 15) is 4.79 Å². The highest BCUT2D eigenvalue weighted by Gasteiger charge is 2.25. The van der Waals surface area contributed by atoms with Gasteiger partial charge in [0.15, 0.2) is 0 Å². The molecule has 0 unspecified atom stereocenters. The second kappa shape index (κ2) is 9.26. The van der Waals surface area contributed by atoms with Crippen molar-refractivity contribution in [3.8, 4) is 17.1 Å². The van der Waals surface area contributed by atoms with Crippen LogP contribution in [0, 0.1) is 0 Å². The highest BCUT2D eigenvalue weighted by Crippen LogP contribution is 2.30. The van der Waals surface area contributed by atoms with Gasteiger partial charge in [-0.25, -0.2) is 9.97 Å². The van der Waals surface area contributed by atoms with E-state index >= 15 is 0 Å². The molecular formula is C24H22ClIN6O. The molecule has 168 valence electrons. The van der Waals surface area contributed by atoms with Crippen molar-refractivity contribution in [1.29, 1.82) is 0 Å². The van der Waals surface area contributed by atoms with Crippen LogP contribution in [0.5, 0.6) is 0 Å². The first-order valence-corrected chi connectivity index (χ1v) is 12.1. The van der Waals surface area contributed by atoms with Crippen molar-refractivity contribution in [2.45, 2.75) is 25.8 Å². The van der Waals surface area contributed by atoms with Gasteiger partial charge in [0, 0.05) is 54.7 Å². The zero-order valence-electron chi connectivity index (χ0n) is 18.0. The van der Waals surface area contributed by atoms with E-state index in [1.807, 2.05) is 51.9 Å². The Morgan fingerprint density at radius 1 is 1.09 bits per heavy atom. The maximum atomic E-state index is 11.7. The number of fused-ring (bicyclic) bond motifs is 1. The summed E-state index contributed by atoms with van der Waals surface area (Å²) in [6, 6.07) is 14.0. The normalized spacial score (nSPS) is 14.6. The van der Waals surface area contributed by atoms with Gasteiger partial charge in [-0.05, 0) is 55.3 Å². The van der Waals surface area contributed by atoms with Gasteiger partial charge in [0.2, 0.25) is 5.91 Å². The molecule has 9 heteroatoms. The van der Waals surface area contributed by atoms with Crippen molar-refractivity contribution in [1.82, 2.24) is 22.6 Å². The number of aromatic nitrogens is 4. The fourth-order valence-corrected chi connectivity index (χ4v) is 4.94. The van der Waals surface area contributed by atoms with E-state index in [0.29, 0.717) is 5.02 Å². The number of amides is 1. The number of imidazole rings is 1. The molecule has 1 saturated heterocycles. The maximum absolute atomic E-state index is 11.7. The largest absolute Gasteiger partial charge is 0.356 e. The Balaban J connectivity index is 1.43. The molecule has 0 atom stereocenters. The summed E-state index contributed by atoms with van der Waals surface area (Å²) in [5.41, 5.74) is 3.68. The average molecular weight is 573 g/mol. The van der Waals surface area contributed by atoms with Crippen LogP contribution in [-0.2, 0) is 4.79 Å². The standard InChI is InChI=1S/C24H22ClIN6O/c1-16(33)32(26)20-9-12-30(13-10-20)23-7-2-17(14-28-23)24-29-21-8-11-27-15-22(21)31(24)19-5-3-18(25)4-6-19/h2-8,11,14-15,20H,9-10,12-13H2,1H3. The number of hydrogen-bond acceptors (Lipinski definition) is 5. The van der Waals surface area contributed by atoms with Crippen molar-refractivity contribution in [2.75, 3.05) is 18.0 Å². The van der Waals surface area contributed by atoms with Crippen LogP contribution in [0.2, 0.25) is 5.02 Å². The first-order valence-electron chi connectivity index (χ1n) is 10.8. The summed E-state index contributed by atoms with van der Waals surface area (Å²) in [6.07, 6.45) is 7.32. The molecule has 0 bridgehead atoms. The molecule has 0 N–H and O–H groups in total. The van der Waals surface area contributed by atoms with Gasteiger partial charge in [-0.3, -0.25) is 17.5 Å². The summed E-state index contributed by atoms with van der Waals surface area (Å²) in [5, 5.41) is 0.687. The van der Waals surface area contributed by atoms with Crippen molar-refractivity contribution >= 4 is 57.2 Å². The van der Waals surface area contributed by atoms with Gasteiger partial charge in [0.25, 0.3) is 0 Å². The van der Waals surface area contributed by atoms with E-state index in [4.69, 9.17) is 21.6 Å². The van der Waals surface area contributed by atoms with Crippen LogP contribution in [0.15, 0.2) is 61.1 Å². The van der Waals surface area contributed by atoms with Gasteiger partial charge in [0.1, 0.15) is 11.6 Å². The molecule has 1 amide bonds. The molecule has 0 aliphatic carbocycles. The molecule has 5 rings (SSSR count). The first kappa shape index (κ1) is 22.1. The molecule has 1 aliphatic rings. The zero-order chi connectivity index (χ0) is 22.9. The van der Waals surface area contributed by atoms with Crippen LogP contribution in [-0.4, -0.2) is 47.7 Å². The van der Waals surface area contributed by atoms with Crippen molar-refractivity contribution in [3.63, 3.8) is 0 Å². The van der Waals surface area contributed by atoms with Crippen LogP contribution in [0.4, 0.5) is 5.82 Å². The molecule has 7 nitrogen and oxygen atoms in total. The summed E-state index contributed by atoms with van der Waals surface area (Å²) < 4.78 is 3.90. The van der Waals surface area contributed by atoms with Crippen LogP contribution in [0.25, 0.3) is 28.1 Å². The number of piperidine rings is 1. The molecule has 4 heterocycles. The van der Waals surface area contributed by atoms with E-state index in [0.717, 1.165) is 59.9 Å². The highest BCUT2D eigenvalue weighted by molar-refractivity contribution is 14.1. The van der Waals surface area contributed by atoms with E-state index in [-0.39, 0.29) is 11.9 Å². The van der Waals surface area contributed by atoms with Gasteiger partial charge in [-0.2, -0.15) is 0 Å². The number of rotatable bonds is 4. The lowest BCUT2D eigenvalue weighted by molar-refractivity contribution is -0.124. The maximum Gasteiger partial charge on any atom is 0.228 e. The molecular weight excluding hydrogens is 551 g/mol. The third kappa shape index (κ3) is 4.41. The van der Waals surface area contributed by atoms with Gasteiger partial charge in [-0.1, -0.05) is 11.6 Å². The fraction of sp³-hybridized carbons (Fsp3) is 0.250. The lowest BCUT2D eigenvalue weighted by Gasteiger charge is -2.35. The van der Waals surface area contributed by atoms with Crippen molar-refractivity contribution in [3.05, 3.63) is 66.1 Å². The van der Waals surface area contributed by atoms with Crippen LogP contribution in [0.1, 0.15) is 19.8 Å². The second-order valence-electron chi connectivity index (χ2n) is 8.07. The summed E-state index contributed by atoms with van der Waals surface area (Å²) in [4.78, 5) is 27.8. The number of hydrogen-bond donors (Lipinski definition) is 0. The fourth-order valence-electron chi connectivity index (χ4n) is 4.25.